The van der Waals surface area contributed by atoms with Crippen molar-refractivity contribution in [3.05, 3.63) is 30.3 Å². The molecule has 1 saturated carbocycles. The van der Waals surface area contributed by atoms with Crippen LogP contribution in [-0.2, 0) is 9.59 Å². The molecule has 0 bridgehead atoms. The number of nitrogens with zero attached hydrogens (tertiary/aromatic N) is 3. The summed E-state index contributed by atoms with van der Waals surface area (Å²) in [6, 6.07) is 10.6. The quantitative estimate of drug-likeness (QED) is 0.699. The third-order valence-corrected chi connectivity index (χ3v) is 7.90. The van der Waals surface area contributed by atoms with Gasteiger partial charge in [-0.1, -0.05) is 37.5 Å². The number of piperidine rings is 1. The average Bonchev–Trinajstić information content (AvgIpc) is 2.84. The molecule has 6 heteroatoms. The molecule has 3 aliphatic rings. The van der Waals surface area contributed by atoms with E-state index in [0.29, 0.717) is 11.8 Å². The van der Waals surface area contributed by atoms with Gasteiger partial charge in [0.25, 0.3) is 0 Å². The van der Waals surface area contributed by atoms with Crippen LogP contribution in [0.3, 0.4) is 0 Å². The van der Waals surface area contributed by atoms with Crippen molar-refractivity contribution in [2.75, 3.05) is 50.7 Å². The zero-order valence-electron chi connectivity index (χ0n) is 19.3. The second-order valence-electron chi connectivity index (χ2n) is 9.98. The first-order valence-electron chi connectivity index (χ1n) is 12.6. The lowest BCUT2D eigenvalue weighted by atomic mass is 9.80. The second-order valence-corrected chi connectivity index (χ2v) is 9.98. The first kappa shape index (κ1) is 23.1. The molecule has 3 fully saturated rings. The maximum absolute atomic E-state index is 13.1. The van der Waals surface area contributed by atoms with E-state index < -0.39 is 5.97 Å². The summed E-state index contributed by atoms with van der Waals surface area (Å²) < 4.78 is 0. The molecule has 1 aromatic carbocycles. The van der Waals surface area contributed by atoms with Crippen LogP contribution < -0.4 is 4.90 Å². The Labute approximate surface area is 192 Å². The number of hydrogen-bond donors (Lipinski definition) is 1. The van der Waals surface area contributed by atoms with Gasteiger partial charge in [-0.25, -0.2) is 0 Å². The molecule has 4 rings (SSSR count). The first-order chi connectivity index (χ1) is 15.6. The molecule has 1 amide bonds. The van der Waals surface area contributed by atoms with Gasteiger partial charge < -0.3 is 14.9 Å². The molecule has 2 heterocycles. The fraction of sp³-hybridized carbons (Fsp3) is 0.692. The summed E-state index contributed by atoms with van der Waals surface area (Å²) in [5.41, 5.74) is 1.29. The fourth-order valence-electron chi connectivity index (χ4n) is 5.93. The van der Waals surface area contributed by atoms with Gasteiger partial charge in [-0.05, 0) is 56.2 Å². The van der Waals surface area contributed by atoms with Crippen LogP contribution in [0.5, 0.6) is 0 Å². The van der Waals surface area contributed by atoms with Crippen molar-refractivity contribution in [1.29, 1.82) is 0 Å². The predicted octanol–water partition coefficient (Wildman–Crippen LogP) is 3.72. The Morgan fingerprint density at radius 2 is 1.59 bits per heavy atom. The SMILES string of the molecule is O=C(O)C[C@@H]1CCN(C(=O)C2CCCCC2)C[C@H]1CCN1CCN(c2ccccc2)CC1. The van der Waals surface area contributed by atoms with Crippen molar-refractivity contribution in [2.24, 2.45) is 17.8 Å². The molecular formula is C26H39N3O3. The highest BCUT2D eigenvalue weighted by Gasteiger charge is 2.35. The Hall–Kier alpha value is -2.08. The van der Waals surface area contributed by atoms with Gasteiger partial charge in [0.2, 0.25) is 5.91 Å². The van der Waals surface area contributed by atoms with E-state index >= 15 is 0 Å². The molecule has 2 saturated heterocycles. The Bertz CT molecular complexity index is 742. The highest BCUT2D eigenvalue weighted by atomic mass is 16.4. The molecular weight excluding hydrogens is 402 g/mol. The van der Waals surface area contributed by atoms with Gasteiger partial charge in [-0.3, -0.25) is 14.5 Å². The van der Waals surface area contributed by atoms with E-state index in [-0.39, 0.29) is 18.3 Å². The van der Waals surface area contributed by atoms with Gasteiger partial charge in [0.15, 0.2) is 0 Å². The predicted molar refractivity (Wildman–Crippen MR) is 127 cm³/mol. The Balaban J connectivity index is 1.29. The number of anilines is 1. The first-order valence-corrected chi connectivity index (χ1v) is 12.6. The van der Waals surface area contributed by atoms with Crippen molar-refractivity contribution in [2.45, 2.75) is 51.4 Å². The number of para-hydroxylation sites is 1. The van der Waals surface area contributed by atoms with E-state index in [1.807, 2.05) is 0 Å². The topological polar surface area (TPSA) is 64.1 Å². The molecule has 0 radical (unpaired) electrons. The standard InChI is InChI=1S/C26H39N3O3/c30-25(31)19-22-12-14-29(26(32)21-7-3-1-4-8-21)20-23(22)11-13-27-15-17-28(18-16-27)24-9-5-2-6-10-24/h2,5-6,9-10,21-23H,1,3-4,7-8,11-20H2,(H,30,31)/t22-,23+/m0/s1. The normalized spacial score (nSPS) is 25.6. The van der Waals surface area contributed by atoms with Gasteiger partial charge in [0.1, 0.15) is 0 Å². The summed E-state index contributed by atoms with van der Waals surface area (Å²) in [5, 5.41) is 9.42. The number of benzene rings is 1. The molecule has 0 unspecified atom stereocenters. The molecule has 0 aromatic heterocycles. The van der Waals surface area contributed by atoms with Gasteiger partial charge in [-0.2, -0.15) is 0 Å². The van der Waals surface area contributed by atoms with E-state index in [0.717, 1.165) is 71.5 Å². The lowest BCUT2D eigenvalue weighted by molar-refractivity contribution is -0.141. The molecule has 6 nitrogen and oxygen atoms in total. The number of likely N-dealkylation sites (tertiary alicyclic amines) is 1. The Morgan fingerprint density at radius 3 is 2.28 bits per heavy atom. The van der Waals surface area contributed by atoms with Crippen LogP contribution >= 0.6 is 0 Å². The molecule has 32 heavy (non-hydrogen) atoms. The van der Waals surface area contributed by atoms with Gasteiger partial charge in [0.05, 0.1) is 0 Å². The maximum Gasteiger partial charge on any atom is 0.303 e. The highest BCUT2D eigenvalue weighted by Crippen LogP contribution is 2.32. The third-order valence-electron chi connectivity index (χ3n) is 7.90. The molecule has 0 spiro atoms. The molecule has 1 aliphatic carbocycles. The monoisotopic (exact) mass is 441 g/mol. The molecule has 2 atom stereocenters. The van der Waals surface area contributed by atoms with Crippen LogP contribution in [0, 0.1) is 17.8 Å². The van der Waals surface area contributed by atoms with Crippen molar-refractivity contribution in [3.63, 3.8) is 0 Å². The minimum absolute atomic E-state index is 0.188. The van der Waals surface area contributed by atoms with E-state index in [1.54, 1.807) is 0 Å². The van der Waals surface area contributed by atoms with E-state index in [4.69, 9.17) is 0 Å². The van der Waals surface area contributed by atoms with Crippen LogP contribution in [0.4, 0.5) is 5.69 Å². The summed E-state index contributed by atoms with van der Waals surface area (Å²) in [5.74, 6) is 0.308. The highest BCUT2D eigenvalue weighted by molar-refractivity contribution is 5.79. The number of carbonyl (C=O) groups excluding carboxylic acids is 1. The zero-order chi connectivity index (χ0) is 22.3. The number of hydrogen-bond acceptors (Lipinski definition) is 4. The van der Waals surface area contributed by atoms with Crippen LogP contribution in [0.1, 0.15) is 51.4 Å². The van der Waals surface area contributed by atoms with Crippen LogP contribution in [0.25, 0.3) is 0 Å². The summed E-state index contributed by atoms with van der Waals surface area (Å²) >= 11 is 0. The third kappa shape index (κ3) is 6.03. The number of piperazine rings is 1. The number of carbonyl (C=O) groups is 2. The van der Waals surface area contributed by atoms with Crippen molar-refractivity contribution in [3.8, 4) is 0 Å². The Morgan fingerprint density at radius 1 is 0.875 bits per heavy atom. The van der Waals surface area contributed by atoms with Crippen LogP contribution in [-0.4, -0.2) is 72.6 Å². The number of carboxylic acid groups (broad SMARTS) is 1. The minimum atomic E-state index is -0.705. The lowest BCUT2D eigenvalue weighted by Crippen LogP contribution is -2.49. The summed E-state index contributed by atoms with van der Waals surface area (Å²) in [7, 11) is 0. The average molecular weight is 442 g/mol. The number of aliphatic carboxylic acids is 1. The molecule has 2 aliphatic heterocycles. The number of rotatable bonds is 7. The summed E-state index contributed by atoms with van der Waals surface area (Å²) in [6.07, 6.45) is 7.71. The second kappa shape index (κ2) is 11.2. The fourth-order valence-corrected chi connectivity index (χ4v) is 5.93. The lowest BCUT2D eigenvalue weighted by Gasteiger charge is -2.41. The van der Waals surface area contributed by atoms with E-state index in [2.05, 4.69) is 45.0 Å². The van der Waals surface area contributed by atoms with Crippen molar-refractivity contribution >= 4 is 17.6 Å². The maximum atomic E-state index is 13.1. The summed E-state index contributed by atoms with van der Waals surface area (Å²) in [6.45, 7) is 6.61. The summed E-state index contributed by atoms with van der Waals surface area (Å²) in [4.78, 5) is 31.6. The van der Waals surface area contributed by atoms with E-state index in [1.165, 1.54) is 24.9 Å². The Kier molecular flexibility index (Phi) is 8.06. The minimum Gasteiger partial charge on any atom is -0.481 e. The molecule has 176 valence electrons. The van der Waals surface area contributed by atoms with Crippen LogP contribution in [0.2, 0.25) is 0 Å². The number of carboxylic acids is 1. The van der Waals surface area contributed by atoms with Gasteiger partial charge in [-0.15, -0.1) is 0 Å². The van der Waals surface area contributed by atoms with Crippen molar-refractivity contribution < 1.29 is 14.7 Å². The van der Waals surface area contributed by atoms with E-state index in [9.17, 15) is 14.7 Å². The van der Waals surface area contributed by atoms with Gasteiger partial charge in [0, 0.05) is 57.3 Å². The zero-order valence-corrected chi connectivity index (χ0v) is 19.3. The molecule has 1 aromatic rings. The number of amides is 1. The largest absolute Gasteiger partial charge is 0.481 e. The van der Waals surface area contributed by atoms with Gasteiger partial charge >= 0.3 is 5.97 Å². The van der Waals surface area contributed by atoms with Crippen LogP contribution in [0.15, 0.2) is 30.3 Å². The smallest absolute Gasteiger partial charge is 0.303 e. The van der Waals surface area contributed by atoms with Crippen molar-refractivity contribution in [1.82, 2.24) is 9.80 Å². The molecule has 1 N–H and O–H groups in total.